The van der Waals surface area contributed by atoms with Gasteiger partial charge in [0.25, 0.3) is 0 Å². The first-order valence-electron chi connectivity index (χ1n) is 3.67. The van der Waals surface area contributed by atoms with Crippen molar-refractivity contribution in [3.63, 3.8) is 0 Å². The Labute approximate surface area is 62.1 Å². The second kappa shape index (κ2) is 3.94. The SMILES string of the molecule is C/C=C\C=C1/CCC=CN1. The van der Waals surface area contributed by atoms with Crippen LogP contribution in [0, 0.1) is 0 Å². The molecule has 0 fully saturated rings. The van der Waals surface area contributed by atoms with Crippen LogP contribution in [-0.2, 0) is 0 Å². The highest BCUT2D eigenvalue weighted by Crippen LogP contribution is 2.06. The second-order valence-corrected chi connectivity index (χ2v) is 2.30. The van der Waals surface area contributed by atoms with Crippen LogP contribution in [0.1, 0.15) is 19.8 Å². The van der Waals surface area contributed by atoms with Crippen LogP contribution in [0.4, 0.5) is 0 Å². The second-order valence-electron chi connectivity index (χ2n) is 2.30. The van der Waals surface area contributed by atoms with Crippen LogP contribution in [0.5, 0.6) is 0 Å². The first-order valence-corrected chi connectivity index (χ1v) is 3.67. The molecule has 1 N–H and O–H groups in total. The van der Waals surface area contributed by atoms with E-state index in [1.54, 1.807) is 0 Å². The van der Waals surface area contributed by atoms with Crippen molar-refractivity contribution >= 4 is 0 Å². The Kier molecular flexibility index (Phi) is 2.81. The summed E-state index contributed by atoms with van der Waals surface area (Å²) in [5, 5.41) is 3.18. The van der Waals surface area contributed by atoms with E-state index < -0.39 is 0 Å². The Morgan fingerprint density at radius 2 is 2.50 bits per heavy atom. The summed E-state index contributed by atoms with van der Waals surface area (Å²) >= 11 is 0. The lowest BCUT2D eigenvalue weighted by Crippen LogP contribution is -2.07. The summed E-state index contributed by atoms with van der Waals surface area (Å²) in [5.41, 5.74) is 1.31. The molecule has 0 saturated heterocycles. The smallest absolute Gasteiger partial charge is 0.0149 e. The number of rotatable bonds is 1. The zero-order valence-corrected chi connectivity index (χ0v) is 6.30. The van der Waals surface area contributed by atoms with Crippen LogP contribution >= 0.6 is 0 Å². The molecule has 1 heteroatoms. The van der Waals surface area contributed by atoms with E-state index in [0.717, 1.165) is 12.8 Å². The zero-order valence-electron chi connectivity index (χ0n) is 6.30. The summed E-state index contributed by atoms with van der Waals surface area (Å²) in [6.07, 6.45) is 12.7. The average molecular weight is 135 g/mol. The maximum Gasteiger partial charge on any atom is 0.0149 e. The molecular formula is C9H13N. The first-order chi connectivity index (χ1) is 4.93. The molecule has 1 nitrogen and oxygen atoms in total. The molecule has 1 aliphatic rings. The highest BCUT2D eigenvalue weighted by Gasteiger charge is 1.94. The van der Waals surface area contributed by atoms with Gasteiger partial charge in [-0.1, -0.05) is 18.2 Å². The van der Waals surface area contributed by atoms with Gasteiger partial charge in [-0.3, -0.25) is 0 Å². The maximum atomic E-state index is 3.18. The van der Waals surface area contributed by atoms with E-state index in [4.69, 9.17) is 0 Å². The molecule has 0 atom stereocenters. The summed E-state index contributed by atoms with van der Waals surface area (Å²) in [5.74, 6) is 0. The predicted octanol–water partition coefficient (Wildman–Crippen LogP) is 2.34. The molecule has 0 amide bonds. The lowest BCUT2D eigenvalue weighted by atomic mass is 10.2. The van der Waals surface area contributed by atoms with Crippen molar-refractivity contribution in [2.24, 2.45) is 0 Å². The third-order valence-electron chi connectivity index (χ3n) is 1.46. The highest BCUT2D eigenvalue weighted by atomic mass is 14.9. The van der Waals surface area contributed by atoms with Gasteiger partial charge in [-0.2, -0.15) is 0 Å². The van der Waals surface area contributed by atoms with E-state index in [1.807, 2.05) is 19.2 Å². The lowest BCUT2D eigenvalue weighted by molar-refractivity contribution is 0.839. The highest BCUT2D eigenvalue weighted by molar-refractivity contribution is 5.15. The van der Waals surface area contributed by atoms with Gasteiger partial charge in [0, 0.05) is 5.70 Å². The van der Waals surface area contributed by atoms with Gasteiger partial charge in [-0.15, -0.1) is 0 Å². The lowest BCUT2D eigenvalue weighted by Gasteiger charge is -2.08. The van der Waals surface area contributed by atoms with Crippen molar-refractivity contribution in [2.45, 2.75) is 19.8 Å². The molecule has 0 spiro atoms. The molecule has 0 aromatic carbocycles. The van der Waals surface area contributed by atoms with Gasteiger partial charge in [0.15, 0.2) is 0 Å². The molecule has 0 aromatic rings. The van der Waals surface area contributed by atoms with Crippen molar-refractivity contribution in [2.75, 3.05) is 0 Å². The first kappa shape index (κ1) is 7.13. The number of hydrogen-bond donors (Lipinski definition) is 1. The molecule has 0 unspecified atom stereocenters. The maximum absolute atomic E-state index is 3.18. The fourth-order valence-corrected chi connectivity index (χ4v) is 0.904. The van der Waals surface area contributed by atoms with Gasteiger partial charge in [0.2, 0.25) is 0 Å². The molecule has 0 bridgehead atoms. The quantitative estimate of drug-likeness (QED) is 0.582. The molecule has 0 aliphatic carbocycles. The fourth-order valence-electron chi connectivity index (χ4n) is 0.904. The van der Waals surface area contributed by atoms with Crippen LogP contribution in [0.15, 0.2) is 36.2 Å². The third-order valence-corrected chi connectivity index (χ3v) is 1.46. The van der Waals surface area contributed by atoms with Crippen molar-refractivity contribution < 1.29 is 0 Å². The van der Waals surface area contributed by atoms with E-state index in [1.165, 1.54) is 5.70 Å². The summed E-state index contributed by atoms with van der Waals surface area (Å²) < 4.78 is 0. The van der Waals surface area contributed by atoms with Crippen LogP contribution in [-0.4, -0.2) is 0 Å². The zero-order chi connectivity index (χ0) is 7.23. The number of nitrogens with one attached hydrogen (secondary N) is 1. The molecule has 1 rings (SSSR count). The summed E-state index contributed by atoms with van der Waals surface area (Å²) in [6, 6.07) is 0. The van der Waals surface area contributed by atoms with E-state index in [-0.39, 0.29) is 0 Å². The van der Waals surface area contributed by atoms with Gasteiger partial charge in [0.1, 0.15) is 0 Å². The molecule has 10 heavy (non-hydrogen) atoms. The van der Waals surface area contributed by atoms with Gasteiger partial charge >= 0.3 is 0 Å². The standard InChI is InChI=1S/C9H13N/c1-2-3-6-9-7-4-5-8-10-9/h2-3,5-6,8,10H,4,7H2,1H3/b3-2-,9-6+. The minimum Gasteiger partial charge on any atom is -0.365 e. The Morgan fingerprint density at radius 1 is 1.60 bits per heavy atom. The largest absolute Gasteiger partial charge is 0.365 e. The van der Waals surface area contributed by atoms with Crippen LogP contribution in [0.3, 0.4) is 0 Å². The van der Waals surface area contributed by atoms with E-state index >= 15 is 0 Å². The Hall–Kier alpha value is -0.980. The molecule has 0 radical (unpaired) electrons. The van der Waals surface area contributed by atoms with Crippen molar-refractivity contribution in [3.05, 3.63) is 36.2 Å². The molecule has 1 aliphatic heterocycles. The molecule has 54 valence electrons. The van der Waals surface area contributed by atoms with E-state index in [9.17, 15) is 0 Å². The Balaban J connectivity index is 2.48. The molecule has 1 heterocycles. The van der Waals surface area contributed by atoms with Gasteiger partial charge in [-0.05, 0) is 32.0 Å². The van der Waals surface area contributed by atoms with Gasteiger partial charge < -0.3 is 5.32 Å². The topological polar surface area (TPSA) is 12.0 Å². The summed E-state index contributed by atoms with van der Waals surface area (Å²) in [7, 11) is 0. The van der Waals surface area contributed by atoms with Crippen molar-refractivity contribution in [3.8, 4) is 0 Å². The normalized spacial score (nSPS) is 21.9. The predicted molar refractivity (Wildman–Crippen MR) is 44.4 cm³/mol. The molecule has 0 saturated carbocycles. The fraction of sp³-hybridized carbons (Fsp3) is 0.333. The van der Waals surface area contributed by atoms with E-state index in [2.05, 4.69) is 23.5 Å². The Bertz CT molecular complexity index is 175. The molecular weight excluding hydrogens is 122 g/mol. The summed E-state index contributed by atoms with van der Waals surface area (Å²) in [4.78, 5) is 0. The summed E-state index contributed by atoms with van der Waals surface area (Å²) in [6.45, 7) is 2.02. The van der Waals surface area contributed by atoms with Crippen LogP contribution < -0.4 is 5.32 Å². The minimum absolute atomic E-state index is 1.14. The van der Waals surface area contributed by atoms with Crippen LogP contribution in [0.2, 0.25) is 0 Å². The number of hydrogen-bond acceptors (Lipinski definition) is 1. The van der Waals surface area contributed by atoms with Gasteiger partial charge in [0.05, 0.1) is 0 Å². The minimum atomic E-state index is 1.14. The monoisotopic (exact) mass is 135 g/mol. The average Bonchev–Trinajstić information content (AvgIpc) is 2.03. The van der Waals surface area contributed by atoms with Crippen LogP contribution in [0.25, 0.3) is 0 Å². The van der Waals surface area contributed by atoms with E-state index in [0.29, 0.717) is 0 Å². The van der Waals surface area contributed by atoms with Crippen molar-refractivity contribution in [1.29, 1.82) is 0 Å². The third kappa shape index (κ3) is 2.09. The Morgan fingerprint density at radius 3 is 3.10 bits per heavy atom. The van der Waals surface area contributed by atoms with Crippen molar-refractivity contribution in [1.82, 2.24) is 5.32 Å². The number of allylic oxidation sites excluding steroid dienone is 5. The van der Waals surface area contributed by atoms with Gasteiger partial charge in [-0.25, -0.2) is 0 Å². The molecule has 0 aromatic heterocycles.